The number of halogens is 1. The van der Waals surface area contributed by atoms with Crippen molar-refractivity contribution in [3.8, 4) is 0 Å². The Labute approximate surface area is 194 Å². The highest BCUT2D eigenvalue weighted by molar-refractivity contribution is 6.30. The fourth-order valence-electron chi connectivity index (χ4n) is 4.88. The average molecular weight is 455 g/mol. The number of amides is 2. The van der Waals surface area contributed by atoms with Crippen LogP contribution >= 0.6 is 11.6 Å². The first-order chi connectivity index (χ1) is 15.5. The summed E-state index contributed by atoms with van der Waals surface area (Å²) in [6, 6.07) is 17.8. The minimum absolute atomic E-state index is 0.0448. The van der Waals surface area contributed by atoms with E-state index in [1.165, 1.54) is 0 Å². The van der Waals surface area contributed by atoms with Crippen molar-refractivity contribution in [3.05, 3.63) is 70.7 Å². The van der Waals surface area contributed by atoms with Crippen molar-refractivity contribution < 1.29 is 9.59 Å². The second kappa shape index (κ2) is 10.5. The van der Waals surface area contributed by atoms with Crippen LogP contribution in [0.4, 0.5) is 0 Å². The van der Waals surface area contributed by atoms with Crippen LogP contribution in [0.15, 0.2) is 54.6 Å². The van der Waals surface area contributed by atoms with E-state index >= 15 is 0 Å². The molecule has 0 bridgehead atoms. The first-order valence-corrected chi connectivity index (χ1v) is 11.7. The van der Waals surface area contributed by atoms with Crippen LogP contribution in [-0.4, -0.2) is 59.9 Å². The molecule has 7 heteroatoms. The molecule has 2 aromatic rings. The molecular weight excluding hydrogens is 424 g/mol. The first-order valence-electron chi connectivity index (χ1n) is 11.3. The molecule has 6 nitrogen and oxygen atoms in total. The largest absolute Gasteiger partial charge is 0.353 e. The molecule has 2 heterocycles. The van der Waals surface area contributed by atoms with Crippen molar-refractivity contribution >= 4 is 23.4 Å². The minimum atomic E-state index is -0.184. The van der Waals surface area contributed by atoms with Gasteiger partial charge in [-0.25, -0.2) is 0 Å². The van der Waals surface area contributed by atoms with Crippen LogP contribution in [0.3, 0.4) is 0 Å². The molecule has 2 saturated heterocycles. The molecule has 2 aliphatic rings. The number of carbonyl (C=O) groups is 2. The molecule has 0 saturated carbocycles. The van der Waals surface area contributed by atoms with E-state index in [2.05, 4.69) is 27.5 Å². The summed E-state index contributed by atoms with van der Waals surface area (Å²) < 4.78 is 0. The molecule has 2 N–H and O–H groups in total. The Morgan fingerprint density at radius 1 is 1.16 bits per heavy atom. The third kappa shape index (κ3) is 5.49. The summed E-state index contributed by atoms with van der Waals surface area (Å²) in [5, 5.41) is 6.84. The van der Waals surface area contributed by atoms with Gasteiger partial charge >= 0.3 is 0 Å². The van der Waals surface area contributed by atoms with E-state index in [0.717, 1.165) is 30.5 Å². The molecular formula is C25H31ClN4O2. The van der Waals surface area contributed by atoms with Gasteiger partial charge in [-0.1, -0.05) is 54.1 Å². The maximum atomic E-state index is 13.0. The zero-order chi connectivity index (χ0) is 22.5. The maximum absolute atomic E-state index is 13.0. The van der Waals surface area contributed by atoms with Crippen LogP contribution < -0.4 is 10.6 Å². The zero-order valence-corrected chi connectivity index (χ0v) is 19.2. The number of carbonyl (C=O) groups excluding carboxylic acids is 2. The molecule has 3 atom stereocenters. The van der Waals surface area contributed by atoms with Crippen LogP contribution in [-0.2, 0) is 22.7 Å². The fraction of sp³-hybridized carbons (Fsp3) is 0.440. The standard InChI is InChI=1S/C25H31ClN4O2/c1-29-21(10-11-23(31)27-15-18-6-3-2-4-7-18)16-28-25(32)24-22(29)12-13-30(24)17-19-8-5-9-20(26)14-19/h2-9,14,21-22,24H,10-13,15-17H2,1H3,(H,27,31)(H,28,32). The first kappa shape index (κ1) is 22.8. The van der Waals surface area contributed by atoms with Crippen molar-refractivity contribution in [1.82, 2.24) is 20.4 Å². The highest BCUT2D eigenvalue weighted by Gasteiger charge is 2.44. The third-order valence-electron chi connectivity index (χ3n) is 6.66. The third-order valence-corrected chi connectivity index (χ3v) is 6.90. The summed E-state index contributed by atoms with van der Waals surface area (Å²) in [6.07, 6.45) is 2.10. The lowest BCUT2D eigenvalue weighted by Crippen LogP contribution is -2.49. The van der Waals surface area contributed by atoms with Crippen molar-refractivity contribution in [2.24, 2.45) is 0 Å². The van der Waals surface area contributed by atoms with Gasteiger partial charge in [-0.05, 0) is 43.1 Å². The van der Waals surface area contributed by atoms with Gasteiger partial charge in [0.25, 0.3) is 0 Å². The molecule has 0 aliphatic carbocycles. The minimum Gasteiger partial charge on any atom is -0.353 e. The van der Waals surface area contributed by atoms with E-state index < -0.39 is 0 Å². The average Bonchev–Trinajstić information content (AvgIpc) is 3.16. The molecule has 2 amide bonds. The van der Waals surface area contributed by atoms with Gasteiger partial charge in [0, 0.05) is 49.7 Å². The number of fused-ring (bicyclic) bond motifs is 1. The summed E-state index contributed by atoms with van der Waals surface area (Å²) in [6.45, 7) is 2.68. The van der Waals surface area contributed by atoms with Gasteiger partial charge in [-0.3, -0.25) is 19.4 Å². The predicted octanol–water partition coefficient (Wildman–Crippen LogP) is 2.81. The van der Waals surface area contributed by atoms with Gasteiger partial charge in [0.1, 0.15) is 6.04 Å². The normalized spacial score (nSPS) is 23.9. The van der Waals surface area contributed by atoms with Crippen LogP contribution in [0.5, 0.6) is 0 Å². The highest BCUT2D eigenvalue weighted by atomic mass is 35.5. The van der Waals surface area contributed by atoms with Crippen molar-refractivity contribution in [2.45, 2.75) is 50.5 Å². The molecule has 2 fully saturated rings. The molecule has 0 radical (unpaired) electrons. The van der Waals surface area contributed by atoms with Crippen LogP contribution in [0, 0.1) is 0 Å². The number of hydrogen-bond acceptors (Lipinski definition) is 4. The number of nitrogens with zero attached hydrogens (tertiary/aromatic N) is 2. The van der Waals surface area contributed by atoms with E-state index in [1.54, 1.807) is 0 Å². The summed E-state index contributed by atoms with van der Waals surface area (Å²) in [5.74, 6) is 0.126. The SMILES string of the molecule is CN1C(CCC(=O)NCc2ccccc2)CNC(=O)C2C1CCN2Cc1cccc(Cl)c1. The zero-order valence-electron chi connectivity index (χ0n) is 18.5. The summed E-state index contributed by atoms with van der Waals surface area (Å²) in [5.41, 5.74) is 2.21. The molecule has 2 aliphatic heterocycles. The van der Waals surface area contributed by atoms with Gasteiger partial charge < -0.3 is 10.6 Å². The second-order valence-electron chi connectivity index (χ2n) is 8.77. The number of nitrogens with one attached hydrogen (secondary N) is 2. The van der Waals surface area contributed by atoms with Crippen LogP contribution in [0.25, 0.3) is 0 Å². The predicted molar refractivity (Wildman–Crippen MR) is 126 cm³/mol. The van der Waals surface area contributed by atoms with Gasteiger partial charge in [0.2, 0.25) is 11.8 Å². The molecule has 0 aromatic heterocycles. The molecule has 0 spiro atoms. The monoisotopic (exact) mass is 454 g/mol. The van der Waals surface area contributed by atoms with Crippen LogP contribution in [0.1, 0.15) is 30.4 Å². The van der Waals surface area contributed by atoms with E-state index in [4.69, 9.17) is 11.6 Å². The van der Waals surface area contributed by atoms with Crippen molar-refractivity contribution in [2.75, 3.05) is 20.1 Å². The highest BCUT2D eigenvalue weighted by Crippen LogP contribution is 2.29. The summed E-state index contributed by atoms with van der Waals surface area (Å²) in [7, 11) is 2.09. The summed E-state index contributed by atoms with van der Waals surface area (Å²) >= 11 is 6.14. The molecule has 4 rings (SSSR count). The Bertz CT molecular complexity index is 939. The van der Waals surface area contributed by atoms with Crippen LogP contribution in [0.2, 0.25) is 5.02 Å². The van der Waals surface area contributed by atoms with Gasteiger partial charge in [0.15, 0.2) is 0 Å². The number of likely N-dealkylation sites (tertiary alicyclic amines) is 1. The Balaban J connectivity index is 1.33. The van der Waals surface area contributed by atoms with Crippen molar-refractivity contribution in [3.63, 3.8) is 0 Å². The maximum Gasteiger partial charge on any atom is 0.239 e. The Kier molecular flexibility index (Phi) is 7.45. The van der Waals surface area contributed by atoms with E-state index in [1.807, 2.05) is 54.6 Å². The Morgan fingerprint density at radius 3 is 2.72 bits per heavy atom. The summed E-state index contributed by atoms with van der Waals surface area (Å²) in [4.78, 5) is 29.9. The quantitative estimate of drug-likeness (QED) is 0.675. The topological polar surface area (TPSA) is 64.7 Å². The van der Waals surface area contributed by atoms with E-state index in [9.17, 15) is 9.59 Å². The molecule has 3 unspecified atom stereocenters. The second-order valence-corrected chi connectivity index (χ2v) is 9.20. The lowest BCUT2D eigenvalue weighted by molar-refractivity contribution is -0.126. The fourth-order valence-corrected chi connectivity index (χ4v) is 5.09. The Morgan fingerprint density at radius 2 is 1.94 bits per heavy atom. The number of rotatable bonds is 7. The lowest BCUT2D eigenvalue weighted by Gasteiger charge is -2.33. The van der Waals surface area contributed by atoms with Gasteiger partial charge in [0.05, 0.1) is 0 Å². The molecule has 2 aromatic carbocycles. The lowest BCUT2D eigenvalue weighted by atomic mass is 10.0. The van der Waals surface area contributed by atoms with Gasteiger partial charge in [-0.2, -0.15) is 0 Å². The number of likely N-dealkylation sites (N-methyl/N-ethyl adjacent to an activating group) is 1. The van der Waals surface area contributed by atoms with Crippen molar-refractivity contribution in [1.29, 1.82) is 0 Å². The van der Waals surface area contributed by atoms with E-state index in [-0.39, 0.29) is 29.9 Å². The number of benzene rings is 2. The smallest absolute Gasteiger partial charge is 0.239 e. The van der Waals surface area contributed by atoms with E-state index in [0.29, 0.717) is 31.1 Å². The molecule has 32 heavy (non-hydrogen) atoms. The number of hydrogen-bond donors (Lipinski definition) is 2. The molecule has 170 valence electrons. The van der Waals surface area contributed by atoms with Gasteiger partial charge in [-0.15, -0.1) is 0 Å². The Hall–Kier alpha value is -2.41.